The van der Waals surface area contributed by atoms with E-state index in [9.17, 15) is 5.11 Å². The molecule has 0 fully saturated rings. The van der Waals surface area contributed by atoms with Gasteiger partial charge >= 0.3 is 0 Å². The minimum Gasteiger partial charge on any atom is -0.505 e. The van der Waals surface area contributed by atoms with Gasteiger partial charge in [-0.2, -0.15) is 0 Å². The van der Waals surface area contributed by atoms with Gasteiger partial charge in [0.2, 0.25) is 0 Å². The second-order valence-corrected chi connectivity index (χ2v) is 4.75. The van der Waals surface area contributed by atoms with Crippen molar-refractivity contribution in [2.45, 2.75) is 6.42 Å². The number of anilines is 1. The molecule has 0 radical (unpaired) electrons. The Labute approximate surface area is 117 Å². The summed E-state index contributed by atoms with van der Waals surface area (Å²) < 4.78 is 5.32. The molecule has 0 unspecified atom stereocenters. The number of phenols is 1. The Hall–Kier alpha value is -2.68. The van der Waals surface area contributed by atoms with Gasteiger partial charge in [-0.3, -0.25) is 0 Å². The van der Waals surface area contributed by atoms with E-state index in [0.717, 1.165) is 27.7 Å². The first-order valence-electron chi connectivity index (χ1n) is 6.39. The van der Waals surface area contributed by atoms with Crippen LogP contribution in [-0.2, 0) is 6.42 Å². The molecule has 1 heterocycles. The number of rotatable bonds is 3. The molecule has 0 bridgehead atoms. The smallest absolute Gasteiger partial charge is 0.146 e. The third-order valence-electron chi connectivity index (χ3n) is 3.34. The number of fused-ring (bicyclic) bond motifs is 1. The molecule has 0 atom stereocenters. The molecule has 3 heteroatoms. The Kier molecular flexibility index (Phi) is 2.95. The van der Waals surface area contributed by atoms with Gasteiger partial charge in [0.1, 0.15) is 11.3 Å². The highest BCUT2D eigenvalue weighted by Crippen LogP contribution is 2.36. The highest BCUT2D eigenvalue weighted by molar-refractivity contribution is 5.86. The molecule has 0 spiro atoms. The summed E-state index contributed by atoms with van der Waals surface area (Å²) in [5, 5.41) is 11.2. The number of phenolic OH excluding ortho intramolecular Hbond substituents is 1. The van der Waals surface area contributed by atoms with Crippen LogP contribution in [0.4, 0.5) is 5.69 Å². The molecule has 0 aliphatic rings. The third kappa shape index (κ3) is 2.03. The quantitative estimate of drug-likeness (QED) is 0.425. The zero-order valence-electron chi connectivity index (χ0n) is 11.0. The van der Waals surface area contributed by atoms with Gasteiger partial charge in [0.15, 0.2) is 0 Å². The molecule has 0 amide bonds. The van der Waals surface area contributed by atoms with Crippen LogP contribution in [0.25, 0.3) is 22.1 Å². The number of allylic oxidation sites excluding steroid dienone is 1. The normalized spacial score (nSPS) is 10.8. The molecule has 3 aromatic rings. The Bertz CT molecular complexity index is 787. The van der Waals surface area contributed by atoms with Crippen LogP contribution in [0.3, 0.4) is 0 Å². The van der Waals surface area contributed by atoms with Gasteiger partial charge in [-0.05, 0) is 47.9 Å². The predicted octanol–water partition coefficient (Wildman–Crippen LogP) is 4.12. The van der Waals surface area contributed by atoms with Crippen molar-refractivity contribution in [2.75, 3.05) is 5.73 Å². The lowest BCUT2D eigenvalue weighted by molar-refractivity contribution is 0.480. The lowest BCUT2D eigenvalue weighted by Crippen LogP contribution is -1.92. The maximum absolute atomic E-state index is 10.2. The van der Waals surface area contributed by atoms with Crippen molar-refractivity contribution in [3.05, 3.63) is 60.9 Å². The first kappa shape index (κ1) is 12.4. The summed E-state index contributed by atoms with van der Waals surface area (Å²) in [6, 6.07) is 11.4. The van der Waals surface area contributed by atoms with Gasteiger partial charge in [-0.1, -0.05) is 12.1 Å². The van der Waals surface area contributed by atoms with Crippen LogP contribution in [0.5, 0.6) is 5.75 Å². The minimum absolute atomic E-state index is 0.112. The van der Waals surface area contributed by atoms with Gasteiger partial charge in [-0.25, -0.2) is 0 Å². The summed E-state index contributed by atoms with van der Waals surface area (Å²) in [7, 11) is 0. The molecule has 0 aliphatic heterocycles. The zero-order chi connectivity index (χ0) is 14.1. The molecular formula is C17H15NO2. The fourth-order valence-corrected chi connectivity index (χ4v) is 2.36. The van der Waals surface area contributed by atoms with E-state index in [1.807, 2.05) is 36.4 Å². The van der Waals surface area contributed by atoms with E-state index >= 15 is 0 Å². The lowest BCUT2D eigenvalue weighted by Gasteiger charge is -2.10. The predicted molar refractivity (Wildman–Crippen MR) is 81.6 cm³/mol. The maximum Gasteiger partial charge on any atom is 0.146 e. The van der Waals surface area contributed by atoms with Gasteiger partial charge in [0, 0.05) is 10.9 Å². The Balaban J connectivity index is 2.18. The van der Waals surface area contributed by atoms with Crippen molar-refractivity contribution >= 4 is 16.7 Å². The third-order valence-corrected chi connectivity index (χ3v) is 3.34. The van der Waals surface area contributed by atoms with Crippen molar-refractivity contribution in [1.82, 2.24) is 0 Å². The number of benzene rings is 2. The summed E-state index contributed by atoms with van der Waals surface area (Å²) >= 11 is 0. The molecule has 1 aromatic heterocycles. The number of hydrogen-bond acceptors (Lipinski definition) is 3. The molecule has 100 valence electrons. The summed E-state index contributed by atoms with van der Waals surface area (Å²) in [6.07, 6.45) is 4.18. The fraction of sp³-hybridized carbons (Fsp3) is 0.0588. The van der Waals surface area contributed by atoms with E-state index in [0.29, 0.717) is 12.1 Å². The van der Waals surface area contributed by atoms with E-state index in [-0.39, 0.29) is 5.75 Å². The lowest BCUT2D eigenvalue weighted by atomic mass is 9.98. The molecular weight excluding hydrogens is 250 g/mol. The number of furan rings is 1. The van der Waals surface area contributed by atoms with Crippen molar-refractivity contribution < 1.29 is 9.52 Å². The summed E-state index contributed by atoms with van der Waals surface area (Å²) in [4.78, 5) is 0. The highest BCUT2D eigenvalue weighted by atomic mass is 16.3. The summed E-state index contributed by atoms with van der Waals surface area (Å²) in [5.74, 6) is 0.112. The highest BCUT2D eigenvalue weighted by Gasteiger charge is 2.10. The minimum atomic E-state index is 0.112. The fourth-order valence-electron chi connectivity index (χ4n) is 2.36. The molecule has 3 N–H and O–H groups in total. The monoisotopic (exact) mass is 265 g/mol. The molecule has 3 rings (SSSR count). The standard InChI is InChI=1S/C17H15NO2/c1-2-3-11-8-14(17(19)15(18)9-11)12-4-5-16-13(10-12)6-7-20-16/h2,4-10,19H,1,3,18H2. The van der Waals surface area contributed by atoms with Crippen LogP contribution in [0.1, 0.15) is 5.56 Å². The van der Waals surface area contributed by atoms with Crippen molar-refractivity contribution in [2.24, 2.45) is 0 Å². The molecule has 0 saturated carbocycles. The Morgan fingerprint density at radius 3 is 2.85 bits per heavy atom. The summed E-state index contributed by atoms with van der Waals surface area (Å²) in [6.45, 7) is 3.73. The largest absolute Gasteiger partial charge is 0.505 e. The van der Waals surface area contributed by atoms with E-state index in [1.165, 1.54) is 0 Å². The molecule has 3 nitrogen and oxygen atoms in total. The van der Waals surface area contributed by atoms with Crippen molar-refractivity contribution in [3.8, 4) is 16.9 Å². The number of hydrogen-bond donors (Lipinski definition) is 2. The molecule has 0 saturated heterocycles. The van der Waals surface area contributed by atoms with E-state index < -0.39 is 0 Å². The Morgan fingerprint density at radius 1 is 1.20 bits per heavy atom. The number of aromatic hydroxyl groups is 1. The molecule has 20 heavy (non-hydrogen) atoms. The van der Waals surface area contributed by atoms with Crippen molar-refractivity contribution in [1.29, 1.82) is 0 Å². The first-order valence-corrected chi connectivity index (χ1v) is 6.39. The maximum atomic E-state index is 10.2. The van der Waals surface area contributed by atoms with E-state index in [4.69, 9.17) is 10.2 Å². The first-order chi connectivity index (χ1) is 9.69. The van der Waals surface area contributed by atoms with Crippen LogP contribution in [0, 0.1) is 0 Å². The van der Waals surface area contributed by atoms with Crippen molar-refractivity contribution in [3.63, 3.8) is 0 Å². The van der Waals surface area contributed by atoms with Crippen LogP contribution in [0.2, 0.25) is 0 Å². The van der Waals surface area contributed by atoms with E-state index in [2.05, 4.69) is 6.58 Å². The Morgan fingerprint density at radius 2 is 2.05 bits per heavy atom. The van der Waals surface area contributed by atoms with Crippen LogP contribution in [-0.4, -0.2) is 5.11 Å². The number of nitrogens with two attached hydrogens (primary N) is 1. The zero-order valence-corrected chi connectivity index (χ0v) is 11.0. The topological polar surface area (TPSA) is 59.4 Å². The summed E-state index contributed by atoms with van der Waals surface area (Å²) in [5.41, 5.74) is 9.75. The van der Waals surface area contributed by atoms with Gasteiger partial charge in [-0.15, -0.1) is 6.58 Å². The van der Waals surface area contributed by atoms with Gasteiger partial charge in [0.25, 0.3) is 0 Å². The SMILES string of the molecule is C=CCc1cc(N)c(O)c(-c2ccc3occc3c2)c1. The number of nitrogen functional groups attached to an aromatic ring is 1. The second kappa shape index (κ2) is 4.78. The molecule has 2 aromatic carbocycles. The molecule has 0 aliphatic carbocycles. The average Bonchev–Trinajstić information content (AvgIpc) is 2.90. The van der Waals surface area contributed by atoms with Crippen LogP contribution < -0.4 is 5.73 Å². The van der Waals surface area contributed by atoms with E-state index in [1.54, 1.807) is 12.3 Å². The van der Waals surface area contributed by atoms with Gasteiger partial charge in [0.05, 0.1) is 12.0 Å². The average molecular weight is 265 g/mol. The second-order valence-electron chi connectivity index (χ2n) is 4.75. The van der Waals surface area contributed by atoms with Crippen LogP contribution in [0.15, 0.2) is 59.7 Å². The van der Waals surface area contributed by atoms with Gasteiger partial charge < -0.3 is 15.3 Å². The van der Waals surface area contributed by atoms with Crippen LogP contribution >= 0.6 is 0 Å².